The van der Waals surface area contributed by atoms with Gasteiger partial charge in [-0.2, -0.15) is 0 Å². The average Bonchev–Trinajstić information content (AvgIpc) is 3.33. The van der Waals surface area contributed by atoms with Gasteiger partial charge in [0.25, 0.3) is 0 Å². The van der Waals surface area contributed by atoms with Crippen LogP contribution in [-0.2, 0) is 18.3 Å². The molecule has 0 fully saturated rings. The summed E-state index contributed by atoms with van der Waals surface area (Å²) in [7, 11) is 5.43. The highest BCUT2D eigenvalue weighted by molar-refractivity contribution is 6.07. The number of methoxy groups -OCH3 is 1. The Bertz CT molecular complexity index is 1280. The summed E-state index contributed by atoms with van der Waals surface area (Å²) >= 11 is 0. The summed E-state index contributed by atoms with van der Waals surface area (Å²) < 4.78 is 23.4. The number of rotatable bonds is 8. The lowest BCUT2D eigenvalue weighted by atomic mass is 10.1. The highest BCUT2D eigenvalue weighted by atomic mass is 19.1. The van der Waals surface area contributed by atoms with Crippen LogP contribution in [-0.4, -0.2) is 53.0 Å². The minimum Gasteiger partial charge on any atom is -0.383 e. The van der Waals surface area contributed by atoms with Crippen molar-refractivity contribution in [1.82, 2.24) is 24.4 Å². The summed E-state index contributed by atoms with van der Waals surface area (Å²) in [4.78, 5) is 12.7. The molecule has 3 aromatic heterocycles. The molecule has 0 amide bonds. The molecule has 0 unspecified atom stereocenters. The van der Waals surface area contributed by atoms with Crippen molar-refractivity contribution < 1.29 is 9.13 Å². The van der Waals surface area contributed by atoms with Crippen LogP contribution in [0.5, 0.6) is 0 Å². The van der Waals surface area contributed by atoms with Crippen molar-refractivity contribution in [2.45, 2.75) is 6.54 Å². The molecule has 2 N–H and O–H groups in total. The predicted molar refractivity (Wildman–Crippen MR) is 120 cm³/mol. The summed E-state index contributed by atoms with van der Waals surface area (Å²) in [5, 5.41) is 7.40. The molecule has 0 aliphatic carbocycles. The first-order valence-electron chi connectivity index (χ1n) is 9.97. The van der Waals surface area contributed by atoms with Gasteiger partial charge in [0.2, 0.25) is 0 Å². The van der Waals surface area contributed by atoms with Crippen LogP contribution in [0, 0.1) is 12.4 Å². The van der Waals surface area contributed by atoms with E-state index in [1.807, 2.05) is 24.7 Å². The quantitative estimate of drug-likeness (QED) is 0.336. The molecule has 160 valence electrons. The van der Waals surface area contributed by atoms with Crippen LogP contribution in [0.4, 0.5) is 15.9 Å². The van der Waals surface area contributed by atoms with Gasteiger partial charge in [0, 0.05) is 51.9 Å². The normalized spacial score (nSPS) is 11.3. The number of hydrogen-bond donors (Lipinski definition) is 2. The molecule has 0 saturated carbocycles. The third-order valence-corrected chi connectivity index (χ3v) is 5.24. The number of ether oxygens (including phenoxy) is 1. The maximum absolute atomic E-state index is 14.2. The van der Waals surface area contributed by atoms with Crippen LogP contribution in [0.3, 0.4) is 0 Å². The molecule has 0 saturated heterocycles. The number of halogens is 1. The van der Waals surface area contributed by atoms with E-state index in [4.69, 9.17) is 16.3 Å². The molecule has 0 spiro atoms. The van der Waals surface area contributed by atoms with Crippen LogP contribution in [0.15, 0.2) is 30.6 Å². The molecular weight excluding hydrogens is 397 g/mol. The Balaban J connectivity index is 1.92. The van der Waals surface area contributed by atoms with Crippen molar-refractivity contribution in [1.29, 1.82) is 0 Å². The van der Waals surface area contributed by atoms with Crippen LogP contribution < -0.4 is 10.6 Å². The standard InChI is InChI=1S/C22H24FN7O/c1-24-16-10-14(9-15(23)11-16)18-12-17-20-19(27-13-29(20)3)21(25-2)28-22(17)30(18)7-5-26-6-8-31-4/h9-13,26H,5-8H2,2-4H3,(H,25,28). The van der Waals surface area contributed by atoms with Crippen molar-refractivity contribution in [2.75, 3.05) is 39.2 Å². The molecule has 9 heteroatoms. The van der Waals surface area contributed by atoms with Gasteiger partial charge in [0.1, 0.15) is 17.0 Å². The van der Waals surface area contributed by atoms with E-state index in [0.29, 0.717) is 31.1 Å². The summed E-state index contributed by atoms with van der Waals surface area (Å²) in [6.07, 6.45) is 1.76. The number of benzene rings is 1. The monoisotopic (exact) mass is 421 g/mol. The van der Waals surface area contributed by atoms with E-state index in [2.05, 4.69) is 25.0 Å². The van der Waals surface area contributed by atoms with Gasteiger partial charge >= 0.3 is 0 Å². The van der Waals surface area contributed by atoms with E-state index in [-0.39, 0.29) is 5.69 Å². The van der Waals surface area contributed by atoms with E-state index in [1.54, 1.807) is 19.5 Å². The van der Waals surface area contributed by atoms with Gasteiger partial charge in [0.15, 0.2) is 11.5 Å². The zero-order valence-electron chi connectivity index (χ0n) is 17.7. The van der Waals surface area contributed by atoms with Gasteiger partial charge in [-0.15, -0.1) is 0 Å². The second kappa shape index (κ2) is 8.71. The molecular formula is C22H24FN7O. The Morgan fingerprint density at radius 2 is 2.06 bits per heavy atom. The highest BCUT2D eigenvalue weighted by Gasteiger charge is 2.19. The second-order valence-electron chi connectivity index (χ2n) is 7.23. The number of hydrogen-bond acceptors (Lipinski definition) is 5. The van der Waals surface area contributed by atoms with Gasteiger partial charge in [0.05, 0.1) is 25.0 Å². The van der Waals surface area contributed by atoms with Gasteiger partial charge in [-0.25, -0.2) is 19.2 Å². The van der Waals surface area contributed by atoms with Crippen molar-refractivity contribution in [3.63, 3.8) is 0 Å². The Morgan fingerprint density at radius 3 is 2.81 bits per heavy atom. The third-order valence-electron chi connectivity index (χ3n) is 5.24. The number of aryl methyl sites for hydroxylation is 1. The Labute approximate surface area is 179 Å². The summed E-state index contributed by atoms with van der Waals surface area (Å²) in [6, 6.07) is 6.41. The summed E-state index contributed by atoms with van der Waals surface area (Å²) in [5.41, 5.74) is 4.21. The summed E-state index contributed by atoms with van der Waals surface area (Å²) in [6.45, 7) is 9.95. The zero-order valence-corrected chi connectivity index (χ0v) is 17.7. The molecule has 4 rings (SSSR count). The molecule has 0 aliphatic heterocycles. The van der Waals surface area contributed by atoms with Crippen LogP contribution in [0.1, 0.15) is 0 Å². The van der Waals surface area contributed by atoms with Crippen molar-refractivity contribution in [3.05, 3.63) is 47.8 Å². The van der Waals surface area contributed by atoms with E-state index in [9.17, 15) is 4.39 Å². The van der Waals surface area contributed by atoms with E-state index in [0.717, 1.165) is 34.3 Å². The molecule has 31 heavy (non-hydrogen) atoms. The number of nitrogens with one attached hydrogen (secondary N) is 2. The fourth-order valence-electron chi connectivity index (χ4n) is 3.83. The van der Waals surface area contributed by atoms with Crippen molar-refractivity contribution in [3.8, 4) is 11.3 Å². The topological polar surface area (TPSA) is 73.3 Å². The van der Waals surface area contributed by atoms with Crippen LogP contribution >= 0.6 is 0 Å². The molecule has 1 aromatic carbocycles. The first-order chi connectivity index (χ1) is 15.1. The molecule has 0 aliphatic rings. The van der Waals surface area contributed by atoms with Crippen molar-refractivity contribution in [2.24, 2.45) is 7.05 Å². The number of nitrogens with zero attached hydrogens (tertiary/aromatic N) is 5. The van der Waals surface area contributed by atoms with Crippen molar-refractivity contribution >= 4 is 33.6 Å². The predicted octanol–water partition coefficient (Wildman–Crippen LogP) is 3.56. The van der Waals surface area contributed by atoms with E-state index >= 15 is 0 Å². The molecule has 0 radical (unpaired) electrons. The summed E-state index contributed by atoms with van der Waals surface area (Å²) in [5.74, 6) is 0.246. The van der Waals surface area contributed by atoms with Gasteiger partial charge in [-0.1, -0.05) is 0 Å². The Hall–Kier alpha value is -3.48. The average molecular weight is 421 g/mol. The fraction of sp³-hybridized carbons (Fsp3) is 0.318. The van der Waals surface area contributed by atoms with Gasteiger partial charge < -0.3 is 24.5 Å². The van der Waals surface area contributed by atoms with E-state index < -0.39 is 5.82 Å². The molecule has 0 atom stereocenters. The maximum Gasteiger partial charge on any atom is 0.190 e. The maximum atomic E-state index is 14.2. The number of anilines is 1. The lowest BCUT2D eigenvalue weighted by molar-refractivity contribution is 0.199. The SMILES string of the molecule is [C-]#[N+]c1cc(F)cc(-c2cc3c4c(ncn4C)c(NC)nc3n2CCNCCOC)c1. The smallest absolute Gasteiger partial charge is 0.190 e. The zero-order chi connectivity index (χ0) is 22.0. The number of fused-ring (bicyclic) bond motifs is 3. The fourth-order valence-corrected chi connectivity index (χ4v) is 3.83. The Kier molecular flexibility index (Phi) is 5.84. The first-order valence-corrected chi connectivity index (χ1v) is 9.97. The van der Waals surface area contributed by atoms with Crippen LogP contribution in [0.2, 0.25) is 0 Å². The number of pyridine rings is 1. The molecule has 8 nitrogen and oxygen atoms in total. The lowest BCUT2D eigenvalue weighted by Crippen LogP contribution is -2.24. The largest absolute Gasteiger partial charge is 0.383 e. The number of imidazole rings is 1. The van der Waals surface area contributed by atoms with Crippen LogP contribution in [0.25, 0.3) is 38.2 Å². The third kappa shape index (κ3) is 3.83. The minimum atomic E-state index is -0.437. The van der Waals surface area contributed by atoms with Gasteiger partial charge in [-0.3, -0.25) is 0 Å². The Morgan fingerprint density at radius 1 is 1.23 bits per heavy atom. The molecule has 4 aromatic rings. The molecule has 0 bridgehead atoms. The first kappa shape index (κ1) is 20.8. The minimum absolute atomic E-state index is 0.263. The number of aromatic nitrogens is 4. The van der Waals surface area contributed by atoms with Gasteiger partial charge in [-0.05, 0) is 29.8 Å². The van der Waals surface area contributed by atoms with E-state index in [1.165, 1.54) is 12.1 Å². The highest BCUT2D eigenvalue weighted by Crippen LogP contribution is 2.35. The lowest BCUT2D eigenvalue weighted by Gasteiger charge is -2.13. The molecule has 3 heterocycles. The second-order valence-corrected chi connectivity index (χ2v) is 7.23.